The maximum atomic E-state index is 9.51. The smallest absolute Gasteiger partial charge is 0.226 e. The van der Waals surface area contributed by atoms with Crippen LogP contribution in [0.2, 0.25) is 0 Å². The molecule has 0 fully saturated rings. The first-order valence-electron chi connectivity index (χ1n) is 15.5. The third-order valence-corrected chi connectivity index (χ3v) is 8.64. The van der Waals surface area contributed by atoms with Crippen LogP contribution in [0.25, 0.3) is 22.9 Å². The van der Waals surface area contributed by atoms with Crippen LogP contribution in [-0.4, -0.2) is 33.0 Å². The Hall–Kier alpha value is -5.75. The molecule has 0 bridgehead atoms. The van der Waals surface area contributed by atoms with Crippen molar-refractivity contribution in [3.8, 4) is 29.0 Å². The van der Waals surface area contributed by atoms with Gasteiger partial charge in [0.1, 0.15) is 40.6 Å². The van der Waals surface area contributed by atoms with Gasteiger partial charge >= 0.3 is 0 Å². The summed E-state index contributed by atoms with van der Waals surface area (Å²) in [5.74, 6) is 4.80. The number of pyridine rings is 2. The normalized spacial score (nSPS) is 14.1. The summed E-state index contributed by atoms with van der Waals surface area (Å²) in [6.07, 6.45) is 5.95. The van der Waals surface area contributed by atoms with Crippen molar-refractivity contribution in [2.45, 2.75) is 39.3 Å². The molecule has 0 unspecified atom stereocenters. The van der Waals surface area contributed by atoms with Crippen LogP contribution in [0, 0.1) is 18.3 Å². The third kappa shape index (κ3) is 5.39. The van der Waals surface area contributed by atoms with E-state index in [1.807, 2.05) is 30.5 Å². The number of nitriles is 1. The highest BCUT2D eigenvalue weighted by Crippen LogP contribution is 2.31. The van der Waals surface area contributed by atoms with Crippen LogP contribution in [0.15, 0.2) is 94.0 Å². The van der Waals surface area contributed by atoms with Crippen molar-refractivity contribution < 1.29 is 8.83 Å². The Balaban J connectivity index is 0.941. The number of rotatable bonds is 6. The van der Waals surface area contributed by atoms with E-state index in [0.717, 1.165) is 76.9 Å². The molecule has 2 aromatic carbocycles. The molecule has 4 aromatic heterocycles. The van der Waals surface area contributed by atoms with Crippen LogP contribution in [-0.2, 0) is 32.4 Å². The van der Waals surface area contributed by atoms with Crippen LogP contribution in [0.4, 0.5) is 11.6 Å². The molecular weight excluding hydrogens is 574 g/mol. The van der Waals surface area contributed by atoms with E-state index >= 15 is 0 Å². The van der Waals surface area contributed by atoms with E-state index in [9.17, 15) is 5.26 Å². The van der Waals surface area contributed by atoms with E-state index in [0.29, 0.717) is 42.7 Å². The molecular formula is C37H31N7O2. The summed E-state index contributed by atoms with van der Waals surface area (Å²) in [5.41, 5.74) is 7.87. The molecule has 46 heavy (non-hydrogen) atoms. The van der Waals surface area contributed by atoms with E-state index in [2.05, 4.69) is 64.2 Å². The van der Waals surface area contributed by atoms with Crippen LogP contribution >= 0.6 is 0 Å². The lowest BCUT2D eigenvalue weighted by Crippen LogP contribution is -2.31. The molecule has 6 heterocycles. The zero-order valence-corrected chi connectivity index (χ0v) is 25.5. The van der Waals surface area contributed by atoms with E-state index in [1.165, 1.54) is 5.56 Å². The molecule has 0 saturated heterocycles. The number of nitrogens with zero attached hydrogens (tertiary/aromatic N) is 7. The zero-order chi connectivity index (χ0) is 31.0. The zero-order valence-electron chi connectivity index (χ0n) is 25.5. The molecule has 8 rings (SSSR count). The van der Waals surface area contributed by atoms with Gasteiger partial charge in [-0.3, -0.25) is 0 Å². The van der Waals surface area contributed by atoms with Gasteiger partial charge in [0, 0.05) is 49.5 Å². The Bertz CT molecular complexity index is 2090. The number of anilines is 2. The lowest BCUT2D eigenvalue weighted by Gasteiger charge is -2.26. The fourth-order valence-electron chi connectivity index (χ4n) is 6.29. The first kappa shape index (κ1) is 27.8. The molecule has 2 aliphatic rings. The Morgan fingerprint density at radius 3 is 2.20 bits per heavy atom. The lowest BCUT2D eigenvalue weighted by atomic mass is 10.0. The predicted molar refractivity (Wildman–Crippen MR) is 174 cm³/mol. The molecule has 0 saturated carbocycles. The first-order chi connectivity index (χ1) is 22.6. The van der Waals surface area contributed by atoms with Gasteiger partial charge in [-0.1, -0.05) is 35.9 Å². The van der Waals surface area contributed by atoms with Crippen molar-refractivity contribution in [3.63, 3.8) is 0 Å². The third-order valence-electron chi connectivity index (χ3n) is 8.64. The standard InChI is InChI=1S/C37H31N7O2/c1-24-5-2-7-27(17-24)36-41-30-22-43(15-12-32(30)45-36)34-11-10-26(21-40-34)18-25-6-3-8-28(19-25)37-42-31-23-44(16-13-33(31)46-37)35-29(20-38)9-4-14-39-35/h2-11,14,17,19,21H,12-13,15-16,18,22-23H2,1H3. The summed E-state index contributed by atoms with van der Waals surface area (Å²) < 4.78 is 12.4. The van der Waals surface area contributed by atoms with Crippen molar-refractivity contribution in [2.24, 2.45) is 0 Å². The molecule has 9 nitrogen and oxygen atoms in total. The van der Waals surface area contributed by atoms with Gasteiger partial charge in [0.05, 0.1) is 18.7 Å². The fraction of sp³-hybridized carbons (Fsp3) is 0.216. The minimum absolute atomic E-state index is 0.561. The highest BCUT2D eigenvalue weighted by Gasteiger charge is 2.26. The number of aromatic nitrogens is 4. The van der Waals surface area contributed by atoms with Gasteiger partial charge in [0.15, 0.2) is 0 Å². The number of hydrogen-bond donors (Lipinski definition) is 0. The maximum absolute atomic E-state index is 9.51. The number of hydrogen-bond acceptors (Lipinski definition) is 9. The average Bonchev–Trinajstić information content (AvgIpc) is 3.73. The van der Waals surface area contributed by atoms with Crippen molar-refractivity contribution in [1.82, 2.24) is 19.9 Å². The van der Waals surface area contributed by atoms with Crippen molar-refractivity contribution in [3.05, 3.63) is 130 Å². The summed E-state index contributed by atoms with van der Waals surface area (Å²) >= 11 is 0. The van der Waals surface area contributed by atoms with Gasteiger partial charge < -0.3 is 18.6 Å². The number of benzene rings is 2. The maximum Gasteiger partial charge on any atom is 0.226 e. The molecule has 9 heteroatoms. The van der Waals surface area contributed by atoms with Crippen LogP contribution < -0.4 is 9.80 Å². The van der Waals surface area contributed by atoms with E-state index in [1.54, 1.807) is 18.3 Å². The summed E-state index contributed by atoms with van der Waals surface area (Å²) in [6, 6.07) is 26.7. The van der Waals surface area contributed by atoms with Gasteiger partial charge in [0.25, 0.3) is 0 Å². The predicted octanol–water partition coefficient (Wildman–Crippen LogP) is 6.68. The van der Waals surface area contributed by atoms with Crippen molar-refractivity contribution in [2.75, 3.05) is 22.9 Å². The largest absolute Gasteiger partial charge is 0.441 e. The Morgan fingerprint density at radius 1 is 0.761 bits per heavy atom. The second kappa shape index (κ2) is 11.6. The van der Waals surface area contributed by atoms with Crippen molar-refractivity contribution in [1.29, 1.82) is 5.26 Å². The van der Waals surface area contributed by atoms with Crippen LogP contribution in [0.5, 0.6) is 0 Å². The van der Waals surface area contributed by atoms with E-state index < -0.39 is 0 Å². The minimum Gasteiger partial charge on any atom is -0.441 e. The van der Waals surface area contributed by atoms with Gasteiger partial charge in [-0.15, -0.1) is 0 Å². The summed E-state index contributed by atoms with van der Waals surface area (Å²) in [7, 11) is 0. The molecule has 0 atom stereocenters. The van der Waals surface area contributed by atoms with Gasteiger partial charge in [-0.2, -0.15) is 5.26 Å². The molecule has 0 radical (unpaired) electrons. The molecule has 226 valence electrons. The van der Waals surface area contributed by atoms with E-state index in [4.69, 9.17) is 23.8 Å². The molecule has 2 aliphatic heterocycles. The fourth-order valence-corrected chi connectivity index (χ4v) is 6.29. The number of aryl methyl sites for hydroxylation is 1. The molecule has 6 aromatic rings. The van der Waals surface area contributed by atoms with Gasteiger partial charge in [0.2, 0.25) is 11.8 Å². The van der Waals surface area contributed by atoms with Gasteiger partial charge in [-0.05, 0) is 66.9 Å². The highest BCUT2D eigenvalue weighted by atomic mass is 16.4. The molecule has 0 spiro atoms. The quantitative estimate of drug-likeness (QED) is 0.205. The second-order valence-electron chi connectivity index (χ2n) is 11.9. The van der Waals surface area contributed by atoms with Crippen molar-refractivity contribution >= 4 is 11.6 Å². The SMILES string of the molecule is Cc1cccc(-c2nc3c(o2)CCN(c2ccc(Cc4cccc(-c5nc6c(o5)CCN(c5ncccc5C#N)C6)c4)cn2)C3)c1. The topological polar surface area (TPSA) is 108 Å². The first-order valence-corrected chi connectivity index (χ1v) is 15.5. The molecule has 0 amide bonds. The highest BCUT2D eigenvalue weighted by molar-refractivity contribution is 5.58. The van der Waals surface area contributed by atoms with Crippen LogP contribution in [0.3, 0.4) is 0 Å². The Morgan fingerprint density at radius 2 is 1.48 bits per heavy atom. The minimum atomic E-state index is 0.561. The monoisotopic (exact) mass is 605 g/mol. The Labute approximate surface area is 266 Å². The summed E-state index contributed by atoms with van der Waals surface area (Å²) in [4.78, 5) is 23.3. The molecule has 0 N–H and O–H groups in total. The van der Waals surface area contributed by atoms with Gasteiger partial charge in [-0.25, -0.2) is 19.9 Å². The number of oxazole rings is 2. The van der Waals surface area contributed by atoms with E-state index in [-0.39, 0.29) is 0 Å². The second-order valence-corrected chi connectivity index (χ2v) is 11.9. The van der Waals surface area contributed by atoms with Crippen LogP contribution in [0.1, 0.15) is 45.2 Å². The Kier molecular flexibility index (Phi) is 7.03. The molecule has 0 aliphatic carbocycles. The lowest BCUT2D eigenvalue weighted by molar-refractivity contribution is 0.498. The average molecular weight is 606 g/mol. The number of fused-ring (bicyclic) bond motifs is 2. The summed E-state index contributed by atoms with van der Waals surface area (Å²) in [6.45, 7) is 4.88. The summed E-state index contributed by atoms with van der Waals surface area (Å²) in [5, 5.41) is 9.51.